The van der Waals surface area contributed by atoms with E-state index in [0.717, 1.165) is 21.0 Å². The largest absolute Gasteiger partial charge is 0.451 e. The predicted octanol–water partition coefficient (Wildman–Crippen LogP) is 2.77. The van der Waals surface area contributed by atoms with Gasteiger partial charge in [0.2, 0.25) is 11.7 Å². The number of nitrogens with one attached hydrogen (secondary N) is 2. The molecule has 3 heterocycles. The van der Waals surface area contributed by atoms with E-state index in [0.29, 0.717) is 6.42 Å². The molecule has 2 N–H and O–H groups in total. The molecule has 146 valence electrons. The standard InChI is InChI=1S/C18H17F3N6O/c19-18(20,21)17-25-24-15-10-26(5-6-27(15)17)16(28)8-12(22)7-11-9-23-14-4-2-1-3-13(11)14/h1-4,9,22-23H,5-8,10H2. The van der Waals surface area contributed by atoms with Gasteiger partial charge in [-0.3, -0.25) is 4.79 Å². The molecule has 0 bridgehead atoms. The molecule has 7 nitrogen and oxygen atoms in total. The fourth-order valence-corrected chi connectivity index (χ4v) is 3.44. The van der Waals surface area contributed by atoms with E-state index in [9.17, 15) is 18.0 Å². The summed E-state index contributed by atoms with van der Waals surface area (Å²) in [4.78, 5) is 17.1. The first kappa shape index (κ1) is 18.2. The van der Waals surface area contributed by atoms with Crippen molar-refractivity contribution in [2.24, 2.45) is 0 Å². The monoisotopic (exact) mass is 390 g/mol. The first-order valence-electron chi connectivity index (χ1n) is 8.71. The molecular weight excluding hydrogens is 373 g/mol. The first-order chi connectivity index (χ1) is 13.3. The number of benzene rings is 1. The number of carbonyl (C=O) groups is 1. The topological polar surface area (TPSA) is 90.7 Å². The highest BCUT2D eigenvalue weighted by Gasteiger charge is 2.39. The van der Waals surface area contributed by atoms with Gasteiger partial charge in [-0.25, -0.2) is 0 Å². The Kier molecular flexibility index (Phi) is 4.40. The molecule has 0 aliphatic carbocycles. The van der Waals surface area contributed by atoms with Crippen molar-refractivity contribution in [3.05, 3.63) is 47.7 Å². The first-order valence-corrected chi connectivity index (χ1v) is 8.71. The Hall–Kier alpha value is -3.17. The molecule has 0 saturated carbocycles. The van der Waals surface area contributed by atoms with Gasteiger partial charge in [-0.1, -0.05) is 18.2 Å². The van der Waals surface area contributed by atoms with E-state index in [-0.39, 0.29) is 43.5 Å². The lowest BCUT2D eigenvalue weighted by Gasteiger charge is -2.28. The zero-order valence-corrected chi connectivity index (χ0v) is 14.8. The number of halogens is 3. The molecule has 3 aromatic rings. The van der Waals surface area contributed by atoms with Crippen LogP contribution in [0.25, 0.3) is 10.9 Å². The molecule has 10 heteroatoms. The third-order valence-electron chi connectivity index (χ3n) is 4.80. The number of fused-ring (bicyclic) bond motifs is 2. The minimum atomic E-state index is -4.57. The highest BCUT2D eigenvalue weighted by Crippen LogP contribution is 2.29. The molecular formula is C18H17F3N6O. The zero-order valence-electron chi connectivity index (χ0n) is 14.8. The number of hydrogen-bond donors (Lipinski definition) is 2. The zero-order chi connectivity index (χ0) is 19.9. The van der Waals surface area contributed by atoms with E-state index >= 15 is 0 Å². The third kappa shape index (κ3) is 3.37. The van der Waals surface area contributed by atoms with Gasteiger partial charge in [-0.15, -0.1) is 10.2 Å². The molecule has 0 unspecified atom stereocenters. The highest BCUT2D eigenvalue weighted by molar-refractivity contribution is 6.01. The number of para-hydroxylation sites is 1. The van der Waals surface area contributed by atoms with Crippen LogP contribution in [0.1, 0.15) is 23.6 Å². The summed E-state index contributed by atoms with van der Waals surface area (Å²) in [5.41, 5.74) is 2.15. The summed E-state index contributed by atoms with van der Waals surface area (Å²) < 4.78 is 39.7. The molecule has 0 fully saturated rings. The molecule has 4 rings (SSSR count). The maximum absolute atomic E-state index is 12.9. The van der Waals surface area contributed by atoms with Gasteiger partial charge in [0.15, 0.2) is 5.82 Å². The van der Waals surface area contributed by atoms with Crippen molar-refractivity contribution in [1.29, 1.82) is 5.41 Å². The number of alkyl halides is 3. The summed E-state index contributed by atoms with van der Waals surface area (Å²) in [6, 6.07) is 7.71. The van der Waals surface area contributed by atoms with Crippen LogP contribution in [-0.2, 0) is 30.5 Å². The maximum Gasteiger partial charge on any atom is 0.451 e. The summed E-state index contributed by atoms with van der Waals surface area (Å²) in [6.45, 7) is 0.0777. The van der Waals surface area contributed by atoms with Crippen LogP contribution in [0.15, 0.2) is 30.5 Å². The van der Waals surface area contributed by atoms with Gasteiger partial charge in [0.05, 0.1) is 13.0 Å². The molecule has 0 saturated heterocycles. The van der Waals surface area contributed by atoms with E-state index in [1.54, 1.807) is 0 Å². The van der Waals surface area contributed by atoms with Crippen LogP contribution >= 0.6 is 0 Å². The van der Waals surface area contributed by atoms with Crippen molar-refractivity contribution in [3.63, 3.8) is 0 Å². The van der Waals surface area contributed by atoms with Gasteiger partial charge < -0.3 is 19.9 Å². The van der Waals surface area contributed by atoms with Gasteiger partial charge in [0.1, 0.15) is 0 Å². The summed E-state index contributed by atoms with van der Waals surface area (Å²) in [7, 11) is 0. The quantitative estimate of drug-likeness (QED) is 0.671. The Balaban J connectivity index is 1.40. The Bertz CT molecular complexity index is 1050. The Morgan fingerprint density at radius 3 is 2.79 bits per heavy atom. The lowest BCUT2D eigenvalue weighted by molar-refractivity contribution is -0.148. The van der Waals surface area contributed by atoms with Gasteiger partial charge in [0.25, 0.3) is 0 Å². The minimum Gasteiger partial charge on any atom is -0.361 e. The lowest BCUT2D eigenvalue weighted by atomic mass is 10.0. The number of carbonyl (C=O) groups excluding carboxylic acids is 1. The number of hydrogen-bond acceptors (Lipinski definition) is 4. The van der Waals surface area contributed by atoms with Crippen LogP contribution in [0, 0.1) is 5.41 Å². The van der Waals surface area contributed by atoms with Crippen molar-refractivity contribution >= 4 is 22.5 Å². The number of aromatic amines is 1. The van der Waals surface area contributed by atoms with E-state index in [4.69, 9.17) is 5.41 Å². The average molecular weight is 390 g/mol. The van der Waals surface area contributed by atoms with Crippen LogP contribution in [0.5, 0.6) is 0 Å². The molecule has 1 amide bonds. The minimum absolute atomic E-state index is 0.0152. The van der Waals surface area contributed by atoms with E-state index in [2.05, 4.69) is 15.2 Å². The van der Waals surface area contributed by atoms with Crippen molar-refractivity contribution in [2.75, 3.05) is 6.54 Å². The molecule has 1 aliphatic rings. The second kappa shape index (κ2) is 6.77. The van der Waals surface area contributed by atoms with Crippen molar-refractivity contribution < 1.29 is 18.0 Å². The molecule has 0 radical (unpaired) electrons. The second-order valence-corrected chi connectivity index (χ2v) is 6.72. The Labute approximate surface area is 157 Å². The van der Waals surface area contributed by atoms with E-state index in [1.807, 2.05) is 30.5 Å². The summed E-state index contributed by atoms with van der Waals surface area (Å²) in [5.74, 6) is -1.23. The molecule has 0 spiro atoms. The number of H-pyrrole nitrogens is 1. The molecule has 1 aliphatic heterocycles. The highest BCUT2D eigenvalue weighted by atomic mass is 19.4. The van der Waals surface area contributed by atoms with E-state index < -0.39 is 12.0 Å². The van der Waals surface area contributed by atoms with Gasteiger partial charge in [-0.05, 0) is 11.6 Å². The van der Waals surface area contributed by atoms with E-state index in [1.165, 1.54) is 4.90 Å². The van der Waals surface area contributed by atoms with Crippen LogP contribution < -0.4 is 0 Å². The third-order valence-corrected chi connectivity index (χ3v) is 4.80. The molecule has 0 atom stereocenters. The van der Waals surface area contributed by atoms with Crippen molar-refractivity contribution in [1.82, 2.24) is 24.6 Å². The van der Waals surface area contributed by atoms with Crippen LogP contribution in [0.3, 0.4) is 0 Å². The summed E-state index contributed by atoms with van der Waals surface area (Å²) in [5, 5.41) is 16.0. The van der Waals surface area contributed by atoms with Gasteiger partial charge in [-0.2, -0.15) is 13.2 Å². The number of aromatic nitrogens is 4. The van der Waals surface area contributed by atoms with Crippen LogP contribution in [0.2, 0.25) is 0 Å². The number of nitrogens with zero attached hydrogens (tertiary/aromatic N) is 4. The summed E-state index contributed by atoms with van der Waals surface area (Å²) in [6.07, 6.45) is -2.50. The van der Waals surface area contributed by atoms with Crippen molar-refractivity contribution in [2.45, 2.75) is 32.1 Å². The number of rotatable bonds is 4. The van der Waals surface area contributed by atoms with Crippen LogP contribution in [-0.4, -0.2) is 42.8 Å². The number of amides is 1. The SMILES string of the molecule is N=C(CC(=O)N1CCn2c(nnc2C(F)(F)F)C1)Cc1c[nH]c2ccccc12. The average Bonchev–Trinajstić information content (AvgIpc) is 3.25. The molecule has 1 aromatic carbocycles. The molecule has 28 heavy (non-hydrogen) atoms. The second-order valence-electron chi connectivity index (χ2n) is 6.72. The smallest absolute Gasteiger partial charge is 0.361 e. The van der Waals surface area contributed by atoms with Gasteiger partial charge in [0, 0.05) is 42.3 Å². The fraction of sp³-hybridized carbons (Fsp3) is 0.333. The Morgan fingerprint density at radius 2 is 2.00 bits per heavy atom. The maximum atomic E-state index is 12.9. The summed E-state index contributed by atoms with van der Waals surface area (Å²) >= 11 is 0. The van der Waals surface area contributed by atoms with Crippen molar-refractivity contribution in [3.8, 4) is 0 Å². The van der Waals surface area contributed by atoms with Gasteiger partial charge >= 0.3 is 6.18 Å². The molecule has 2 aromatic heterocycles. The Morgan fingerprint density at radius 1 is 1.21 bits per heavy atom. The normalized spacial score (nSPS) is 14.3. The fourth-order valence-electron chi connectivity index (χ4n) is 3.44. The lowest BCUT2D eigenvalue weighted by Crippen LogP contribution is -2.40. The van der Waals surface area contributed by atoms with Crippen LogP contribution in [0.4, 0.5) is 13.2 Å². The predicted molar refractivity (Wildman–Crippen MR) is 94.8 cm³/mol.